The Morgan fingerprint density at radius 2 is 2.03 bits per heavy atom. The van der Waals surface area contributed by atoms with E-state index in [0.717, 1.165) is 24.5 Å². The van der Waals surface area contributed by atoms with Gasteiger partial charge in [0, 0.05) is 49.3 Å². The first-order chi connectivity index (χ1) is 14.8. The van der Waals surface area contributed by atoms with Gasteiger partial charge >= 0.3 is 12.6 Å². The smallest absolute Gasteiger partial charge is 0.387 e. The van der Waals surface area contributed by atoms with Crippen molar-refractivity contribution in [3.63, 3.8) is 0 Å². The molecule has 2 N–H and O–H groups in total. The number of fused-ring (bicyclic) bond motifs is 2. The highest BCUT2D eigenvalue weighted by Gasteiger charge is 2.31. The summed E-state index contributed by atoms with van der Waals surface area (Å²) in [5.74, 6) is -2.85. The minimum atomic E-state index is -3.26. The molecule has 0 amide bonds. The lowest BCUT2D eigenvalue weighted by molar-refractivity contribution is -0.0487. The van der Waals surface area contributed by atoms with Gasteiger partial charge in [0.25, 0.3) is 0 Å². The predicted octanol–water partition coefficient (Wildman–Crippen LogP) is 3.35. The van der Waals surface area contributed by atoms with Gasteiger partial charge < -0.3 is 24.3 Å². The quantitative estimate of drug-likeness (QED) is 0.645. The Morgan fingerprint density at radius 3 is 2.68 bits per heavy atom. The summed E-state index contributed by atoms with van der Waals surface area (Å²) in [7, 11) is 0. The third-order valence-electron chi connectivity index (χ3n) is 5.71. The van der Waals surface area contributed by atoms with Crippen LogP contribution in [0.1, 0.15) is 34.9 Å². The molecule has 0 unspecified atom stereocenters. The number of hydrogen-bond acceptors (Lipinski definition) is 4. The molecule has 5 rings (SSSR count). The van der Waals surface area contributed by atoms with Crippen molar-refractivity contribution in [1.82, 2.24) is 14.5 Å². The summed E-state index contributed by atoms with van der Waals surface area (Å²) in [5.41, 5.74) is -0.456. The second-order valence-electron chi connectivity index (χ2n) is 7.74. The number of nitrogens with one attached hydrogen (secondary N) is 1. The fraction of sp³-hybridized carbons (Fsp3) is 0.333. The van der Waals surface area contributed by atoms with Crippen LogP contribution in [-0.2, 0) is 13.1 Å². The minimum absolute atomic E-state index is 0.0171. The fourth-order valence-corrected chi connectivity index (χ4v) is 4.18. The summed E-state index contributed by atoms with van der Waals surface area (Å²) < 4.78 is 50.3. The Labute approximate surface area is 173 Å². The van der Waals surface area contributed by atoms with Crippen LogP contribution in [0.4, 0.5) is 13.2 Å². The molecule has 10 heteroatoms. The summed E-state index contributed by atoms with van der Waals surface area (Å²) in [6, 6.07) is 2.44. The van der Waals surface area contributed by atoms with E-state index in [0.29, 0.717) is 31.5 Å². The molecule has 0 bridgehead atoms. The Morgan fingerprint density at radius 1 is 1.26 bits per heavy atom. The van der Waals surface area contributed by atoms with Gasteiger partial charge in [-0.2, -0.15) is 8.78 Å². The molecular formula is C21H18F3N3O4. The molecule has 1 aliphatic heterocycles. The van der Waals surface area contributed by atoms with Crippen LogP contribution >= 0.6 is 0 Å². The molecule has 1 fully saturated rings. The van der Waals surface area contributed by atoms with E-state index in [1.165, 1.54) is 4.57 Å². The van der Waals surface area contributed by atoms with Crippen molar-refractivity contribution in [2.24, 2.45) is 0 Å². The number of aromatic carboxylic acids is 1. The van der Waals surface area contributed by atoms with Gasteiger partial charge in [-0.15, -0.1) is 0 Å². The molecule has 3 aromatic rings. The van der Waals surface area contributed by atoms with Crippen molar-refractivity contribution in [1.29, 1.82) is 0 Å². The molecule has 3 heterocycles. The number of halogens is 3. The van der Waals surface area contributed by atoms with E-state index < -0.39 is 35.1 Å². The lowest BCUT2D eigenvalue weighted by Crippen LogP contribution is -2.27. The van der Waals surface area contributed by atoms with Crippen LogP contribution in [0.3, 0.4) is 0 Å². The molecule has 0 spiro atoms. The van der Waals surface area contributed by atoms with Gasteiger partial charge in [-0.05, 0) is 25.0 Å². The van der Waals surface area contributed by atoms with E-state index in [2.05, 4.69) is 5.32 Å². The number of ether oxygens (including phenoxy) is 1. The van der Waals surface area contributed by atoms with Gasteiger partial charge in [0.2, 0.25) is 5.43 Å². The fourth-order valence-electron chi connectivity index (χ4n) is 4.18. The van der Waals surface area contributed by atoms with E-state index in [1.807, 2.05) is 4.57 Å². The number of benzene rings is 1. The number of carbonyl (C=O) groups is 1. The standard InChI is InChI=1S/C21H18F3N3O4/c22-15-6-13-17(27(11-1-2-11)9-14(18(13)28)20(29)30)19(31-21(23)24)16(15)10-5-12-7-25-3-4-26(12)8-10/h5-6,8-9,11,21,25H,1-4,7H2,(H,29,30). The topological polar surface area (TPSA) is 85.5 Å². The molecule has 0 radical (unpaired) electrons. The van der Waals surface area contributed by atoms with Gasteiger partial charge in [-0.25, -0.2) is 9.18 Å². The van der Waals surface area contributed by atoms with Crippen LogP contribution in [0.2, 0.25) is 0 Å². The number of hydrogen-bond donors (Lipinski definition) is 2. The average Bonchev–Trinajstić information content (AvgIpc) is 3.46. The van der Waals surface area contributed by atoms with Crippen molar-refractivity contribution in [3.8, 4) is 16.9 Å². The van der Waals surface area contributed by atoms with Crippen LogP contribution in [-0.4, -0.2) is 33.4 Å². The highest BCUT2D eigenvalue weighted by molar-refractivity contribution is 5.98. The van der Waals surface area contributed by atoms with E-state index in [-0.39, 0.29) is 22.5 Å². The van der Waals surface area contributed by atoms with Crippen molar-refractivity contribution in [2.75, 3.05) is 6.54 Å². The zero-order valence-corrected chi connectivity index (χ0v) is 16.2. The Balaban J connectivity index is 1.86. The third kappa shape index (κ3) is 3.27. The second kappa shape index (κ2) is 7.16. The summed E-state index contributed by atoms with van der Waals surface area (Å²) in [6.07, 6.45) is 4.18. The number of nitrogens with zero attached hydrogens (tertiary/aromatic N) is 2. The molecule has 2 aromatic heterocycles. The summed E-state index contributed by atoms with van der Waals surface area (Å²) >= 11 is 0. The van der Waals surface area contributed by atoms with Crippen LogP contribution in [0.15, 0.2) is 29.3 Å². The minimum Gasteiger partial charge on any atom is -0.477 e. The van der Waals surface area contributed by atoms with Crippen LogP contribution in [0.25, 0.3) is 22.0 Å². The molecule has 31 heavy (non-hydrogen) atoms. The first-order valence-electron chi connectivity index (χ1n) is 9.84. The molecule has 1 saturated carbocycles. The third-order valence-corrected chi connectivity index (χ3v) is 5.71. The van der Waals surface area contributed by atoms with Crippen molar-refractivity contribution in [3.05, 3.63) is 51.8 Å². The van der Waals surface area contributed by atoms with Crippen LogP contribution in [0.5, 0.6) is 5.75 Å². The lowest BCUT2D eigenvalue weighted by atomic mass is 10.0. The molecule has 162 valence electrons. The normalized spacial score (nSPS) is 16.0. The van der Waals surface area contributed by atoms with Crippen molar-refractivity contribution < 1.29 is 27.8 Å². The first kappa shape index (κ1) is 19.7. The molecule has 2 aliphatic rings. The van der Waals surface area contributed by atoms with Gasteiger partial charge in [0.1, 0.15) is 11.4 Å². The van der Waals surface area contributed by atoms with E-state index in [4.69, 9.17) is 4.74 Å². The number of alkyl halides is 2. The number of rotatable bonds is 5. The monoisotopic (exact) mass is 433 g/mol. The highest BCUT2D eigenvalue weighted by Crippen LogP contribution is 2.44. The second-order valence-corrected chi connectivity index (χ2v) is 7.74. The SMILES string of the molecule is O=C(O)c1cn(C2CC2)c2c(OC(F)F)c(-c3cc4n(c3)CCNC4)c(F)cc2c1=O. The zero-order chi connectivity index (χ0) is 21.9. The Kier molecular flexibility index (Phi) is 4.54. The maximum Gasteiger partial charge on any atom is 0.387 e. The molecule has 1 aliphatic carbocycles. The summed E-state index contributed by atoms with van der Waals surface area (Å²) in [4.78, 5) is 24.3. The average molecular weight is 433 g/mol. The maximum absolute atomic E-state index is 15.3. The van der Waals surface area contributed by atoms with E-state index >= 15 is 4.39 Å². The van der Waals surface area contributed by atoms with Crippen LogP contribution in [0, 0.1) is 5.82 Å². The van der Waals surface area contributed by atoms with Gasteiger partial charge in [0.05, 0.1) is 16.5 Å². The highest BCUT2D eigenvalue weighted by atomic mass is 19.3. The molecule has 0 atom stereocenters. The number of aromatic nitrogens is 2. The van der Waals surface area contributed by atoms with Crippen molar-refractivity contribution in [2.45, 2.75) is 38.6 Å². The Hall–Kier alpha value is -3.27. The number of carboxylic acids is 1. The van der Waals surface area contributed by atoms with Crippen LogP contribution < -0.4 is 15.5 Å². The molecule has 0 saturated heterocycles. The molecular weight excluding hydrogens is 415 g/mol. The van der Waals surface area contributed by atoms with E-state index in [1.54, 1.807) is 12.3 Å². The Bertz CT molecular complexity index is 1250. The number of carboxylic acid groups (broad SMARTS) is 1. The van der Waals surface area contributed by atoms with Crippen molar-refractivity contribution >= 4 is 16.9 Å². The lowest BCUT2D eigenvalue weighted by Gasteiger charge is -2.19. The van der Waals surface area contributed by atoms with Gasteiger partial charge in [-0.1, -0.05) is 0 Å². The molecule has 7 nitrogen and oxygen atoms in total. The molecule has 1 aromatic carbocycles. The maximum atomic E-state index is 15.3. The largest absolute Gasteiger partial charge is 0.477 e. The van der Waals surface area contributed by atoms with Gasteiger partial charge in [-0.3, -0.25) is 4.79 Å². The number of pyridine rings is 1. The summed E-state index contributed by atoms with van der Waals surface area (Å²) in [6.45, 7) is -1.34. The summed E-state index contributed by atoms with van der Waals surface area (Å²) in [5, 5.41) is 12.3. The predicted molar refractivity (Wildman–Crippen MR) is 105 cm³/mol. The zero-order valence-electron chi connectivity index (χ0n) is 16.2. The first-order valence-corrected chi connectivity index (χ1v) is 9.84. The van der Waals surface area contributed by atoms with Gasteiger partial charge in [0.15, 0.2) is 5.75 Å². The van der Waals surface area contributed by atoms with E-state index in [9.17, 15) is 23.5 Å².